The third-order valence-corrected chi connectivity index (χ3v) is 5.90. The van der Waals surface area contributed by atoms with Crippen LogP contribution in [0.5, 0.6) is 11.5 Å². The van der Waals surface area contributed by atoms with Gasteiger partial charge in [0, 0.05) is 10.4 Å². The molecular formula is C23H25Br2N3O3. The average Bonchev–Trinajstić information content (AvgIpc) is 2.74. The number of fused-ring (bicyclic) bond motifs is 1. The van der Waals surface area contributed by atoms with E-state index in [0.717, 1.165) is 20.9 Å². The van der Waals surface area contributed by atoms with Crippen molar-refractivity contribution >= 4 is 49.0 Å². The number of rotatable bonds is 7. The van der Waals surface area contributed by atoms with Gasteiger partial charge in [-0.3, -0.25) is 4.79 Å². The van der Waals surface area contributed by atoms with Gasteiger partial charge in [0.25, 0.3) is 5.56 Å². The van der Waals surface area contributed by atoms with Crippen molar-refractivity contribution in [2.24, 2.45) is 5.10 Å². The average molecular weight is 551 g/mol. The zero-order valence-corrected chi connectivity index (χ0v) is 21.3. The fraction of sp³-hybridized carbons (Fsp3) is 0.348. The molecule has 0 saturated carbocycles. The van der Waals surface area contributed by atoms with E-state index in [2.05, 4.69) is 43.9 Å². The SMILES string of the molecule is CC[C@@H](C)c1nc2ccc(Br)cc2c(=O)n1N=Cc1cc(Br)c(OC(C)C)c(OC)c1. The maximum atomic E-state index is 13.2. The Bertz CT molecular complexity index is 1190. The van der Waals surface area contributed by atoms with Crippen molar-refractivity contribution in [3.63, 3.8) is 0 Å². The predicted molar refractivity (Wildman–Crippen MR) is 132 cm³/mol. The summed E-state index contributed by atoms with van der Waals surface area (Å²) in [5, 5.41) is 5.03. The molecule has 31 heavy (non-hydrogen) atoms. The van der Waals surface area contributed by atoms with Crippen LogP contribution in [0.2, 0.25) is 0 Å². The molecule has 0 amide bonds. The quantitative estimate of drug-likeness (QED) is 0.333. The van der Waals surface area contributed by atoms with E-state index < -0.39 is 0 Å². The van der Waals surface area contributed by atoms with Crippen LogP contribution in [0.3, 0.4) is 0 Å². The van der Waals surface area contributed by atoms with E-state index in [1.165, 1.54) is 4.68 Å². The summed E-state index contributed by atoms with van der Waals surface area (Å²) < 4.78 is 14.3. The topological polar surface area (TPSA) is 65.7 Å². The van der Waals surface area contributed by atoms with Crippen molar-refractivity contribution in [1.82, 2.24) is 9.66 Å². The number of hydrogen-bond donors (Lipinski definition) is 0. The van der Waals surface area contributed by atoms with E-state index in [1.807, 2.05) is 45.0 Å². The number of methoxy groups -OCH3 is 1. The molecule has 0 saturated heterocycles. The first-order valence-corrected chi connectivity index (χ1v) is 11.6. The first kappa shape index (κ1) is 23.5. The van der Waals surface area contributed by atoms with Crippen LogP contribution in [-0.4, -0.2) is 29.1 Å². The largest absolute Gasteiger partial charge is 0.493 e. The summed E-state index contributed by atoms with van der Waals surface area (Å²) in [5.74, 6) is 1.91. The minimum Gasteiger partial charge on any atom is -0.493 e. The van der Waals surface area contributed by atoms with Gasteiger partial charge < -0.3 is 9.47 Å². The van der Waals surface area contributed by atoms with Crippen LogP contribution in [0.1, 0.15) is 51.4 Å². The van der Waals surface area contributed by atoms with Gasteiger partial charge in [0.2, 0.25) is 0 Å². The lowest BCUT2D eigenvalue weighted by atomic mass is 10.1. The number of nitrogens with zero attached hydrogens (tertiary/aromatic N) is 3. The van der Waals surface area contributed by atoms with E-state index in [0.29, 0.717) is 28.2 Å². The maximum absolute atomic E-state index is 13.2. The van der Waals surface area contributed by atoms with Crippen LogP contribution in [0.4, 0.5) is 0 Å². The van der Waals surface area contributed by atoms with E-state index in [4.69, 9.17) is 14.5 Å². The minimum atomic E-state index is -0.205. The van der Waals surface area contributed by atoms with Gasteiger partial charge in [-0.1, -0.05) is 29.8 Å². The number of hydrogen-bond acceptors (Lipinski definition) is 5. The molecule has 0 fully saturated rings. The van der Waals surface area contributed by atoms with Crippen molar-refractivity contribution in [3.8, 4) is 11.5 Å². The fourth-order valence-electron chi connectivity index (χ4n) is 3.07. The lowest BCUT2D eigenvalue weighted by molar-refractivity contribution is 0.228. The van der Waals surface area contributed by atoms with Crippen LogP contribution in [0.15, 0.2) is 49.2 Å². The Morgan fingerprint density at radius 3 is 2.58 bits per heavy atom. The summed E-state index contributed by atoms with van der Waals surface area (Å²) in [7, 11) is 1.59. The number of aromatic nitrogens is 2. The Kier molecular flexibility index (Phi) is 7.54. The highest BCUT2D eigenvalue weighted by molar-refractivity contribution is 9.10. The van der Waals surface area contributed by atoms with Crippen LogP contribution < -0.4 is 15.0 Å². The number of benzene rings is 2. The molecular weight excluding hydrogens is 526 g/mol. The Morgan fingerprint density at radius 1 is 1.19 bits per heavy atom. The number of ether oxygens (including phenoxy) is 2. The number of halogens is 2. The maximum Gasteiger partial charge on any atom is 0.282 e. The van der Waals surface area contributed by atoms with Gasteiger partial charge in [0.05, 0.1) is 34.8 Å². The fourth-order valence-corrected chi connectivity index (χ4v) is 3.98. The lowest BCUT2D eigenvalue weighted by Gasteiger charge is -2.16. The minimum absolute atomic E-state index is 0.00406. The van der Waals surface area contributed by atoms with Gasteiger partial charge >= 0.3 is 0 Å². The highest BCUT2D eigenvalue weighted by Crippen LogP contribution is 2.37. The molecule has 8 heteroatoms. The molecule has 3 rings (SSSR count). The van der Waals surface area contributed by atoms with E-state index >= 15 is 0 Å². The zero-order valence-electron chi connectivity index (χ0n) is 18.1. The molecule has 6 nitrogen and oxygen atoms in total. The van der Waals surface area contributed by atoms with Crippen LogP contribution in [0, 0.1) is 0 Å². The molecule has 0 aliphatic rings. The van der Waals surface area contributed by atoms with Gasteiger partial charge in [0.1, 0.15) is 5.82 Å². The molecule has 2 aromatic carbocycles. The first-order chi connectivity index (χ1) is 14.7. The van der Waals surface area contributed by atoms with Crippen molar-refractivity contribution < 1.29 is 9.47 Å². The second-order valence-corrected chi connectivity index (χ2v) is 9.27. The van der Waals surface area contributed by atoms with Crippen LogP contribution in [0.25, 0.3) is 10.9 Å². The standard InChI is InChI=1S/C23H25Br2N3O3/c1-6-14(4)22-27-19-8-7-16(24)11-17(19)23(29)28(22)26-12-15-9-18(25)21(31-13(2)3)20(10-15)30-5/h7-14H,6H2,1-5H3/t14-/m1/s1. The first-order valence-electron chi connectivity index (χ1n) is 10.1. The molecule has 1 heterocycles. The highest BCUT2D eigenvalue weighted by Gasteiger charge is 2.16. The van der Waals surface area contributed by atoms with Gasteiger partial charge in [-0.2, -0.15) is 9.78 Å². The molecule has 0 bridgehead atoms. The Balaban J connectivity index is 2.13. The van der Waals surface area contributed by atoms with Gasteiger partial charge in [-0.25, -0.2) is 4.98 Å². The predicted octanol–water partition coefficient (Wildman–Crippen LogP) is 6.11. The second-order valence-electron chi connectivity index (χ2n) is 7.50. The Hall–Kier alpha value is -2.19. The van der Waals surface area contributed by atoms with Crippen molar-refractivity contribution in [1.29, 1.82) is 0 Å². The summed E-state index contributed by atoms with van der Waals surface area (Å²) in [6.07, 6.45) is 2.47. The van der Waals surface area contributed by atoms with Crippen molar-refractivity contribution in [3.05, 3.63) is 61.0 Å². The van der Waals surface area contributed by atoms with E-state index in [1.54, 1.807) is 19.4 Å². The second kappa shape index (κ2) is 9.96. The molecule has 0 unspecified atom stereocenters. The van der Waals surface area contributed by atoms with Gasteiger partial charge in [0.15, 0.2) is 11.5 Å². The third kappa shape index (κ3) is 5.18. The van der Waals surface area contributed by atoms with E-state index in [-0.39, 0.29) is 17.6 Å². The smallest absolute Gasteiger partial charge is 0.282 e. The van der Waals surface area contributed by atoms with Crippen LogP contribution in [-0.2, 0) is 0 Å². The summed E-state index contributed by atoms with van der Waals surface area (Å²) in [6, 6.07) is 9.20. The molecule has 0 aliphatic heterocycles. The Morgan fingerprint density at radius 2 is 1.94 bits per heavy atom. The zero-order chi connectivity index (χ0) is 22.7. The molecule has 0 aliphatic carbocycles. The Labute approximate surface area is 198 Å². The molecule has 0 spiro atoms. The molecule has 1 aromatic heterocycles. The molecule has 3 aromatic rings. The molecule has 0 N–H and O–H groups in total. The third-order valence-electron chi connectivity index (χ3n) is 4.81. The van der Waals surface area contributed by atoms with Crippen molar-refractivity contribution in [2.45, 2.75) is 46.1 Å². The molecule has 1 atom stereocenters. The normalized spacial score (nSPS) is 12.6. The lowest BCUT2D eigenvalue weighted by Crippen LogP contribution is -2.23. The summed E-state index contributed by atoms with van der Waals surface area (Å²) in [6.45, 7) is 8.01. The summed E-state index contributed by atoms with van der Waals surface area (Å²) in [4.78, 5) is 18.0. The van der Waals surface area contributed by atoms with Gasteiger partial charge in [-0.05, 0) is 72.1 Å². The van der Waals surface area contributed by atoms with Crippen LogP contribution >= 0.6 is 31.9 Å². The summed E-state index contributed by atoms with van der Waals surface area (Å²) >= 11 is 6.97. The molecule has 164 valence electrons. The molecule has 0 radical (unpaired) electrons. The highest BCUT2D eigenvalue weighted by atomic mass is 79.9. The monoisotopic (exact) mass is 549 g/mol. The van der Waals surface area contributed by atoms with E-state index in [9.17, 15) is 4.79 Å². The summed E-state index contributed by atoms with van der Waals surface area (Å²) in [5.41, 5.74) is 1.22. The van der Waals surface area contributed by atoms with Gasteiger partial charge in [-0.15, -0.1) is 0 Å². The van der Waals surface area contributed by atoms with Crippen molar-refractivity contribution in [2.75, 3.05) is 7.11 Å².